The topological polar surface area (TPSA) is 212 Å². The number of primary amides is 1. The van der Waals surface area contributed by atoms with Crippen LogP contribution in [0.15, 0.2) is 29.1 Å². The summed E-state index contributed by atoms with van der Waals surface area (Å²) in [5.41, 5.74) is 6.88. The quantitative estimate of drug-likeness (QED) is 0.0965. The molecular formula is C39H50N6O9. The minimum Gasteiger partial charge on any atom is -0.508 e. The Balaban J connectivity index is 1.33. The number of rotatable bonds is 16. The first-order chi connectivity index (χ1) is 25.7. The van der Waals surface area contributed by atoms with Gasteiger partial charge >= 0.3 is 12.1 Å². The summed E-state index contributed by atoms with van der Waals surface area (Å²) in [6.45, 7) is 7.22. The summed E-state index contributed by atoms with van der Waals surface area (Å²) in [4.78, 5) is 84.7. The number of hydrogen-bond acceptors (Lipinski definition) is 10. The van der Waals surface area contributed by atoms with E-state index in [0.717, 1.165) is 42.2 Å². The van der Waals surface area contributed by atoms with Gasteiger partial charge in [0.25, 0.3) is 5.56 Å². The second-order valence-electron chi connectivity index (χ2n) is 14.2. The normalized spacial score (nSPS) is 16.7. The molecule has 0 saturated heterocycles. The van der Waals surface area contributed by atoms with Crippen molar-refractivity contribution in [1.29, 1.82) is 0 Å². The molecule has 2 aromatic heterocycles. The highest BCUT2D eigenvalue weighted by molar-refractivity contribution is 5.92. The van der Waals surface area contributed by atoms with Crippen molar-refractivity contribution in [2.45, 2.75) is 116 Å². The minimum atomic E-state index is -1.95. The Hall–Kier alpha value is -5.47. The molecule has 290 valence electrons. The summed E-state index contributed by atoms with van der Waals surface area (Å²) in [6.07, 6.45) is 4.16. The number of hydrogen-bond donors (Lipinski definition) is 4. The smallest absolute Gasteiger partial charge is 0.411 e. The van der Waals surface area contributed by atoms with E-state index in [0.29, 0.717) is 29.7 Å². The van der Waals surface area contributed by atoms with Crippen molar-refractivity contribution in [3.63, 3.8) is 0 Å². The van der Waals surface area contributed by atoms with E-state index in [1.807, 2.05) is 6.92 Å². The number of pyridine rings is 2. The molecule has 54 heavy (non-hydrogen) atoms. The van der Waals surface area contributed by atoms with Gasteiger partial charge in [-0.05, 0) is 56.0 Å². The number of phenolic OH excluding ortho intramolecular Hbond substituents is 1. The molecule has 4 amide bonds. The predicted molar refractivity (Wildman–Crippen MR) is 199 cm³/mol. The van der Waals surface area contributed by atoms with Crippen LogP contribution in [0, 0.1) is 0 Å². The number of phenols is 1. The van der Waals surface area contributed by atoms with E-state index in [1.54, 1.807) is 42.7 Å². The summed E-state index contributed by atoms with van der Waals surface area (Å²) < 4.78 is 13.0. The zero-order chi connectivity index (χ0) is 39.3. The van der Waals surface area contributed by atoms with Gasteiger partial charge in [-0.25, -0.2) is 14.6 Å². The van der Waals surface area contributed by atoms with Crippen LogP contribution in [0.3, 0.4) is 0 Å². The molecular weight excluding hydrogens is 696 g/mol. The number of amides is 4. The molecule has 0 bridgehead atoms. The summed E-state index contributed by atoms with van der Waals surface area (Å²) in [7, 11) is 1.43. The van der Waals surface area contributed by atoms with Crippen molar-refractivity contribution in [2.75, 3.05) is 13.6 Å². The number of carbonyl (C=O) groups is 5. The van der Waals surface area contributed by atoms with Crippen LogP contribution in [-0.4, -0.2) is 75.0 Å². The van der Waals surface area contributed by atoms with Crippen molar-refractivity contribution in [3.05, 3.63) is 56.9 Å². The van der Waals surface area contributed by atoms with Crippen LogP contribution in [-0.2, 0) is 53.8 Å². The van der Waals surface area contributed by atoms with Crippen LogP contribution in [0.1, 0.15) is 101 Å². The maximum absolute atomic E-state index is 14.0. The second kappa shape index (κ2) is 16.7. The molecule has 0 saturated carbocycles. The van der Waals surface area contributed by atoms with Gasteiger partial charge in [-0.3, -0.25) is 19.2 Å². The van der Waals surface area contributed by atoms with Crippen LogP contribution in [0.25, 0.3) is 22.3 Å². The van der Waals surface area contributed by atoms with Crippen molar-refractivity contribution in [2.24, 2.45) is 5.73 Å². The Labute approximate surface area is 313 Å². The van der Waals surface area contributed by atoms with Gasteiger partial charge in [0.1, 0.15) is 18.4 Å². The first kappa shape index (κ1) is 39.7. The molecule has 3 atom stereocenters. The lowest BCUT2D eigenvalue weighted by Gasteiger charge is -2.37. The van der Waals surface area contributed by atoms with Gasteiger partial charge in [-0.15, -0.1) is 0 Å². The number of nitrogens with one attached hydrogen (secondary N) is 2. The van der Waals surface area contributed by atoms with E-state index in [2.05, 4.69) is 17.6 Å². The number of aryl methyl sites for hydroxylation is 1. The number of likely N-dealkylation sites (N-methyl/N-ethyl adjacent to an activating group) is 1. The third kappa shape index (κ3) is 8.04. The number of esters is 1. The average Bonchev–Trinajstić information content (AvgIpc) is 3.49. The Morgan fingerprint density at radius 1 is 1.07 bits per heavy atom. The maximum Gasteiger partial charge on any atom is 0.411 e. The van der Waals surface area contributed by atoms with Gasteiger partial charge in [-0.2, -0.15) is 0 Å². The highest BCUT2D eigenvalue weighted by Crippen LogP contribution is 2.42. The zero-order valence-electron chi connectivity index (χ0n) is 31.6. The van der Waals surface area contributed by atoms with Crippen molar-refractivity contribution < 1.29 is 38.6 Å². The van der Waals surface area contributed by atoms with Crippen LogP contribution in [0.2, 0.25) is 0 Å². The fourth-order valence-corrected chi connectivity index (χ4v) is 7.38. The van der Waals surface area contributed by atoms with E-state index >= 15 is 0 Å². The number of benzene rings is 1. The fraction of sp³-hybridized carbons (Fsp3) is 0.513. The first-order valence-electron chi connectivity index (χ1n) is 18.7. The predicted octanol–water partition coefficient (Wildman–Crippen LogP) is 3.65. The number of ether oxygens (including phenoxy) is 2. The van der Waals surface area contributed by atoms with Crippen molar-refractivity contribution >= 4 is 40.7 Å². The molecule has 1 aromatic carbocycles. The lowest BCUT2D eigenvalue weighted by molar-refractivity contribution is -0.173. The van der Waals surface area contributed by atoms with E-state index in [9.17, 15) is 33.9 Å². The zero-order valence-corrected chi connectivity index (χ0v) is 31.6. The number of nitrogens with two attached hydrogens (primary N) is 1. The SMILES string of the molecule is CCCCCCCC(=O)N[C@H](CC(N)=O)C(=O)N[C@H](C)CN(C)C(=O)O[C@]1(CC)C(=O)OCc2c1cc1n(c2=O)Cc2c-1nc1ccc(O)cc1c2CC. The van der Waals surface area contributed by atoms with Crippen molar-refractivity contribution in [3.8, 4) is 17.1 Å². The van der Waals surface area contributed by atoms with Gasteiger partial charge in [0.05, 0.1) is 35.4 Å². The van der Waals surface area contributed by atoms with Crippen LogP contribution in [0.5, 0.6) is 5.75 Å². The van der Waals surface area contributed by atoms with E-state index in [1.165, 1.54) is 11.9 Å². The lowest BCUT2D eigenvalue weighted by Crippen LogP contribution is -2.53. The molecule has 0 fully saturated rings. The van der Waals surface area contributed by atoms with Gasteiger partial charge < -0.3 is 40.4 Å². The minimum absolute atomic E-state index is 0.0435. The number of nitrogens with zero attached hydrogens (tertiary/aromatic N) is 3. The molecule has 4 heterocycles. The maximum atomic E-state index is 14.0. The average molecular weight is 747 g/mol. The molecule has 5 rings (SSSR count). The molecule has 5 N–H and O–H groups in total. The van der Waals surface area contributed by atoms with E-state index in [4.69, 9.17) is 20.2 Å². The Morgan fingerprint density at radius 3 is 2.50 bits per heavy atom. The third-order valence-electron chi connectivity index (χ3n) is 10.2. The number of unbranched alkanes of at least 4 members (excludes halogenated alkanes) is 4. The highest BCUT2D eigenvalue weighted by Gasteiger charge is 2.51. The van der Waals surface area contributed by atoms with Gasteiger partial charge in [-0.1, -0.05) is 46.5 Å². The third-order valence-corrected chi connectivity index (χ3v) is 10.2. The summed E-state index contributed by atoms with van der Waals surface area (Å²) >= 11 is 0. The number of carbonyl (C=O) groups excluding carboxylic acids is 5. The molecule has 0 spiro atoms. The number of aromatic nitrogens is 2. The number of fused-ring (bicyclic) bond motifs is 5. The number of cyclic esters (lactones) is 1. The van der Waals surface area contributed by atoms with E-state index in [-0.39, 0.29) is 55.3 Å². The molecule has 0 unspecified atom stereocenters. The van der Waals surface area contributed by atoms with Gasteiger partial charge in [0.15, 0.2) is 0 Å². The Kier molecular flexibility index (Phi) is 12.3. The Morgan fingerprint density at radius 2 is 1.81 bits per heavy atom. The monoisotopic (exact) mass is 746 g/mol. The van der Waals surface area contributed by atoms with E-state index < -0.39 is 53.5 Å². The van der Waals surface area contributed by atoms with Crippen LogP contribution >= 0.6 is 0 Å². The molecule has 0 aliphatic carbocycles. The lowest BCUT2D eigenvalue weighted by atomic mass is 9.85. The molecule has 15 heteroatoms. The molecule has 2 aliphatic heterocycles. The van der Waals surface area contributed by atoms with Crippen LogP contribution < -0.4 is 21.9 Å². The van der Waals surface area contributed by atoms with Gasteiger partial charge in [0.2, 0.25) is 23.3 Å². The fourth-order valence-electron chi connectivity index (χ4n) is 7.38. The first-order valence-corrected chi connectivity index (χ1v) is 18.7. The largest absolute Gasteiger partial charge is 0.508 e. The van der Waals surface area contributed by atoms with Crippen molar-refractivity contribution in [1.82, 2.24) is 25.1 Å². The standard InChI is InChI=1S/C39H50N6O9/c1-6-9-10-11-12-13-33(48)42-30(18-32(40)47)35(49)41-22(4)19-44(5)38(52)54-39(8-3)28-17-31-34-26(20-45(31)36(50)27(28)21-53-37(39)51)24(7-2)25-16-23(46)14-15-29(25)43-34/h14-17,22,30,46H,6-13,18-21H2,1-5H3,(H2,40,47)(H,41,49)(H,42,48)/t22-,30-,39+/m1/s1. The summed E-state index contributed by atoms with van der Waals surface area (Å²) in [6, 6.07) is 4.72. The summed E-state index contributed by atoms with van der Waals surface area (Å²) in [5, 5.41) is 16.3. The number of aromatic hydroxyl groups is 1. The van der Waals surface area contributed by atoms with Gasteiger partial charge in [0, 0.05) is 42.6 Å². The Bertz CT molecular complexity index is 2030. The molecule has 0 radical (unpaired) electrons. The van der Waals surface area contributed by atoms with Crippen LogP contribution in [0.4, 0.5) is 4.79 Å². The molecule has 2 aliphatic rings. The molecule has 3 aromatic rings. The second-order valence-corrected chi connectivity index (χ2v) is 14.2. The molecule has 15 nitrogen and oxygen atoms in total. The highest BCUT2D eigenvalue weighted by atomic mass is 16.6. The summed E-state index contributed by atoms with van der Waals surface area (Å²) in [5.74, 6) is -2.49.